The maximum atomic E-state index is 11.2. The Morgan fingerprint density at radius 2 is 2.12 bits per heavy atom. The molecule has 0 saturated carbocycles. The van der Waals surface area contributed by atoms with Gasteiger partial charge in [-0.3, -0.25) is 0 Å². The largest absolute Gasteiger partial charge is 1.00 e. The van der Waals surface area contributed by atoms with Gasteiger partial charge in [0.2, 0.25) is 11.9 Å². The van der Waals surface area contributed by atoms with Crippen LogP contribution in [0.4, 0.5) is 4.79 Å². The lowest BCUT2D eigenvalue weighted by Gasteiger charge is -2.09. The Balaban J connectivity index is 0.00000225. The van der Waals surface area contributed by atoms with Crippen LogP contribution in [-0.4, -0.2) is 30.2 Å². The molecule has 1 aromatic heterocycles. The fourth-order valence-electron chi connectivity index (χ4n) is 1.03. The first-order valence-corrected chi connectivity index (χ1v) is 4.53. The number of ether oxygens (including phenoxy) is 1. The third kappa shape index (κ3) is 3.67. The molecule has 0 aliphatic rings. The molecule has 1 amide bonds. The van der Waals surface area contributed by atoms with Crippen molar-refractivity contribution in [1.29, 1.82) is 0 Å². The summed E-state index contributed by atoms with van der Waals surface area (Å²) in [5, 5.41) is 8.94. The minimum atomic E-state index is -0.424. The van der Waals surface area contributed by atoms with E-state index in [0.717, 1.165) is 5.69 Å². The summed E-state index contributed by atoms with van der Waals surface area (Å²) in [5.41, 5.74) is 0.750. The second-order valence-electron chi connectivity index (χ2n) is 3.39. The van der Waals surface area contributed by atoms with Crippen molar-refractivity contribution in [3.63, 3.8) is 0 Å². The minimum Gasteiger partial charge on any atom is -1.00 e. The van der Waals surface area contributed by atoms with Gasteiger partial charge < -0.3 is 27.2 Å². The maximum absolute atomic E-state index is 11.2. The van der Waals surface area contributed by atoms with E-state index < -0.39 is 6.09 Å². The van der Waals surface area contributed by atoms with Crippen molar-refractivity contribution in [2.45, 2.75) is 6.61 Å². The van der Waals surface area contributed by atoms with E-state index in [1.54, 1.807) is 44.0 Å². The first-order valence-electron chi connectivity index (χ1n) is 4.53. The summed E-state index contributed by atoms with van der Waals surface area (Å²) < 4.78 is 6.75. The molecule has 0 saturated heterocycles. The Labute approximate surface area is 101 Å². The van der Waals surface area contributed by atoms with Crippen molar-refractivity contribution in [1.82, 2.24) is 4.90 Å². The van der Waals surface area contributed by atoms with Gasteiger partial charge in [-0.1, -0.05) is 0 Å². The summed E-state index contributed by atoms with van der Waals surface area (Å²) in [4.78, 5) is 12.6. The Hall–Kier alpha value is -1.33. The highest BCUT2D eigenvalue weighted by Crippen LogP contribution is 2.08. The van der Waals surface area contributed by atoms with Crippen LogP contribution in [0.1, 0.15) is 5.69 Å². The van der Waals surface area contributed by atoms with Gasteiger partial charge in [-0.05, 0) is 6.07 Å². The molecule has 1 rings (SSSR count). The number of pyridine rings is 1. The highest BCUT2D eigenvalue weighted by Gasteiger charge is 2.11. The molecule has 0 spiro atoms. The Morgan fingerprint density at radius 1 is 1.50 bits per heavy atom. The molecule has 0 atom stereocenters. The van der Waals surface area contributed by atoms with E-state index in [1.807, 2.05) is 0 Å². The lowest BCUT2D eigenvalue weighted by Crippen LogP contribution is -3.00. The van der Waals surface area contributed by atoms with Crippen LogP contribution >= 0.6 is 0 Å². The zero-order valence-electron chi connectivity index (χ0n) is 9.48. The van der Waals surface area contributed by atoms with Gasteiger partial charge in [-0.25, -0.2) is 4.79 Å². The molecule has 0 bridgehead atoms. The average Bonchev–Trinajstić information content (AvgIpc) is 2.18. The number of hydrogen-bond donors (Lipinski definition) is 1. The Kier molecular flexibility index (Phi) is 5.77. The predicted molar refractivity (Wildman–Crippen MR) is 53.3 cm³/mol. The van der Waals surface area contributed by atoms with Crippen molar-refractivity contribution in [3.05, 3.63) is 24.0 Å². The molecular formula is C10H15ClN2O3. The van der Waals surface area contributed by atoms with E-state index in [0.29, 0.717) is 5.75 Å². The molecule has 0 aliphatic carbocycles. The van der Waals surface area contributed by atoms with Crippen molar-refractivity contribution in [3.8, 4) is 5.75 Å². The number of amides is 1. The van der Waals surface area contributed by atoms with Gasteiger partial charge in [0.25, 0.3) is 0 Å². The summed E-state index contributed by atoms with van der Waals surface area (Å²) >= 11 is 0. The molecule has 6 heteroatoms. The second-order valence-corrected chi connectivity index (χ2v) is 3.39. The Morgan fingerprint density at radius 3 is 2.56 bits per heavy atom. The van der Waals surface area contributed by atoms with Crippen LogP contribution in [0.2, 0.25) is 0 Å². The molecule has 0 unspecified atom stereocenters. The van der Waals surface area contributed by atoms with Crippen molar-refractivity contribution >= 4 is 6.09 Å². The first-order chi connectivity index (χ1) is 7.04. The SMILES string of the molecule is CN(C)C(=O)Oc1ccc(CO)[n+](C)c1.[Cl-]. The lowest BCUT2D eigenvalue weighted by molar-refractivity contribution is -0.681. The standard InChI is InChI=1S/C10H15N2O3.ClH/c1-11(2)10(14)15-9-5-4-8(7-13)12(3)6-9;/h4-6,13H,7H2,1-3H3;1H/q+1;/p-1. The number of halogens is 1. The van der Waals surface area contributed by atoms with E-state index in [-0.39, 0.29) is 19.0 Å². The number of hydrogen-bond acceptors (Lipinski definition) is 3. The van der Waals surface area contributed by atoms with E-state index in [2.05, 4.69) is 0 Å². The quantitative estimate of drug-likeness (QED) is 0.569. The van der Waals surface area contributed by atoms with Crippen LogP contribution < -0.4 is 21.7 Å². The van der Waals surface area contributed by atoms with E-state index in [4.69, 9.17) is 9.84 Å². The molecule has 0 fully saturated rings. The van der Waals surface area contributed by atoms with Gasteiger partial charge in [0, 0.05) is 20.2 Å². The second kappa shape index (κ2) is 6.30. The number of rotatable bonds is 2. The fourth-order valence-corrected chi connectivity index (χ4v) is 1.03. The highest BCUT2D eigenvalue weighted by atomic mass is 35.5. The van der Waals surface area contributed by atoms with Gasteiger partial charge >= 0.3 is 6.09 Å². The average molecular weight is 247 g/mol. The van der Waals surface area contributed by atoms with Gasteiger partial charge in [-0.2, -0.15) is 4.57 Å². The molecule has 1 N–H and O–H groups in total. The summed E-state index contributed by atoms with van der Waals surface area (Å²) in [6, 6.07) is 3.35. The zero-order valence-corrected chi connectivity index (χ0v) is 10.2. The van der Waals surface area contributed by atoms with Gasteiger partial charge in [0.05, 0.1) is 0 Å². The topological polar surface area (TPSA) is 53.7 Å². The van der Waals surface area contributed by atoms with E-state index in [1.165, 1.54) is 4.90 Å². The molecule has 5 nitrogen and oxygen atoms in total. The lowest BCUT2D eigenvalue weighted by atomic mass is 10.3. The smallest absolute Gasteiger partial charge is 0.414 e. The van der Waals surface area contributed by atoms with Gasteiger partial charge in [0.1, 0.15) is 13.7 Å². The molecule has 0 aliphatic heterocycles. The number of carbonyl (C=O) groups excluding carboxylic acids is 1. The van der Waals surface area contributed by atoms with Crippen molar-refractivity contribution in [2.24, 2.45) is 7.05 Å². The number of carbonyl (C=O) groups is 1. The van der Waals surface area contributed by atoms with Crippen LogP contribution in [0.15, 0.2) is 18.3 Å². The molecule has 0 radical (unpaired) electrons. The highest BCUT2D eigenvalue weighted by molar-refractivity contribution is 5.69. The number of aliphatic hydroxyl groups is 1. The number of aryl methyl sites for hydroxylation is 1. The van der Waals surface area contributed by atoms with Crippen molar-refractivity contribution in [2.75, 3.05) is 14.1 Å². The zero-order chi connectivity index (χ0) is 11.4. The molecule has 1 heterocycles. The van der Waals surface area contributed by atoms with Crippen LogP contribution in [0.3, 0.4) is 0 Å². The molecule has 90 valence electrons. The summed E-state index contributed by atoms with van der Waals surface area (Å²) in [6.07, 6.45) is 1.22. The Bertz CT molecular complexity index is 369. The molecule has 1 aromatic rings. The van der Waals surface area contributed by atoms with Gasteiger partial charge in [-0.15, -0.1) is 0 Å². The van der Waals surface area contributed by atoms with Crippen LogP contribution in [-0.2, 0) is 13.7 Å². The molecule has 0 aromatic carbocycles. The predicted octanol–water partition coefficient (Wildman–Crippen LogP) is -2.93. The minimum absolute atomic E-state index is 0. The van der Waals surface area contributed by atoms with Crippen LogP contribution in [0.5, 0.6) is 5.75 Å². The normalized spacial score (nSPS) is 9.25. The third-order valence-electron chi connectivity index (χ3n) is 1.95. The fraction of sp³-hybridized carbons (Fsp3) is 0.400. The molecule has 16 heavy (non-hydrogen) atoms. The van der Waals surface area contributed by atoms with Crippen LogP contribution in [0, 0.1) is 0 Å². The van der Waals surface area contributed by atoms with E-state index in [9.17, 15) is 4.79 Å². The monoisotopic (exact) mass is 246 g/mol. The number of aliphatic hydroxyl groups excluding tert-OH is 1. The van der Waals surface area contributed by atoms with E-state index >= 15 is 0 Å². The summed E-state index contributed by atoms with van der Waals surface area (Å²) in [7, 11) is 5.01. The number of nitrogens with zero attached hydrogens (tertiary/aromatic N) is 2. The third-order valence-corrected chi connectivity index (χ3v) is 1.95. The summed E-state index contributed by atoms with van der Waals surface area (Å²) in [6.45, 7) is -0.0432. The van der Waals surface area contributed by atoms with Gasteiger partial charge in [0.15, 0.2) is 5.75 Å². The molecular weight excluding hydrogens is 232 g/mol. The van der Waals surface area contributed by atoms with Crippen LogP contribution in [0.25, 0.3) is 0 Å². The maximum Gasteiger partial charge on any atom is 0.414 e. The first kappa shape index (κ1) is 14.7. The summed E-state index contributed by atoms with van der Waals surface area (Å²) in [5.74, 6) is 0.452. The number of aromatic nitrogens is 1. The van der Waals surface area contributed by atoms with Crippen molar-refractivity contribution < 1.29 is 31.6 Å².